The molecule has 38 heavy (non-hydrogen) atoms. The molecule has 0 atom stereocenters. The van der Waals surface area contributed by atoms with Crippen molar-refractivity contribution >= 4 is 27.8 Å². The second-order valence-electron chi connectivity index (χ2n) is 8.55. The molecule has 1 aromatic heterocycles. The first-order chi connectivity index (χ1) is 18.7. The molecule has 10 heteroatoms. The summed E-state index contributed by atoms with van der Waals surface area (Å²) in [7, 11) is 1.96. The lowest BCUT2D eigenvalue weighted by atomic mass is 10.1. The summed E-state index contributed by atoms with van der Waals surface area (Å²) in [5.74, 6) is 0. The molecule has 206 valence electrons. The highest BCUT2D eigenvalue weighted by Gasteiger charge is 2.12. The van der Waals surface area contributed by atoms with Gasteiger partial charge in [-0.1, -0.05) is 30.3 Å². The number of azo groups is 1. The maximum Gasteiger partial charge on any atom is 0.408 e. The number of aliphatic hydroxyl groups is 1. The normalized spacial score (nSPS) is 11.4. The smallest absolute Gasteiger partial charge is 0.394 e. The third-order valence-electron chi connectivity index (χ3n) is 5.62. The average Bonchev–Trinajstić information content (AvgIpc) is 3.35. The van der Waals surface area contributed by atoms with E-state index in [1.165, 1.54) is 5.56 Å². The monoisotopic (exact) mass is 543 g/mol. The summed E-state index contributed by atoms with van der Waals surface area (Å²) in [5.41, 5.74) is 4.29. The Morgan fingerprint density at radius 2 is 1.50 bits per heavy atom. The van der Waals surface area contributed by atoms with Gasteiger partial charge in [-0.15, -0.1) is 0 Å². The lowest BCUT2D eigenvalue weighted by molar-refractivity contribution is -0.654. The number of aryl methyl sites for hydroxylation is 2. The van der Waals surface area contributed by atoms with Crippen molar-refractivity contribution in [2.45, 2.75) is 13.5 Å². The molecule has 3 aromatic rings. The van der Waals surface area contributed by atoms with Gasteiger partial charge in [0.2, 0.25) is 0 Å². The number of rotatable bonds is 19. The first-order valence-corrected chi connectivity index (χ1v) is 13.7. The van der Waals surface area contributed by atoms with E-state index in [0.29, 0.717) is 52.9 Å². The zero-order valence-electron chi connectivity index (χ0n) is 22.3. The fraction of sp³-hybridized carbons (Fsp3) is 0.464. The molecule has 0 radical (unpaired) electrons. The van der Waals surface area contributed by atoms with Gasteiger partial charge in [-0.05, 0) is 52.7 Å². The molecule has 1 N–H and O–H groups in total. The average molecular weight is 544 g/mol. The minimum absolute atomic E-state index is 0.0290. The third kappa shape index (κ3) is 10.9. The summed E-state index contributed by atoms with van der Waals surface area (Å²) in [6.45, 7) is 7.58. The van der Waals surface area contributed by atoms with Gasteiger partial charge in [0, 0.05) is 24.2 Å². The van der Waals surface area contributed by atoms with Crippen LogP contribution >= 0.6 is 11.3 Å². The fourth-order valence-corrected chi connectivity index (χ4v) is 4.25. The van der Waals surface area contributed by atoms with Gasteiger partial charge in [0.25, 0.3) is 0 Å². The zero-order valence-corrected chi connectivity index (χ0v) is 23.1. The topological polar surface area (TPSA) is 89.0 Å². The highest BCUT2D eigenvalue weighted by atomic mass is 32.1. The van der Waals surface area contributed by atoms with Crippen LogP contribution in [0.1, 0.15) is 11.1 Å². The van der Waals surface area contributed by atoms with E-state index in [2.05, 4.69) is 58.5 Å². The predicted octanol–water partition coefficient (Wildman–Crippen LogP) is 4.36. The quantitative estimate of drug-likeness (QED) is 0.137. The van der Waals surface area contributed by atoms with Crippen molar-refractivity contribution < 1.29 is 28.6 Å². The molecule has 9 nitrogen and oxygen atoms in total. The third-order valence-corrected chi connectivity index (χ3v) is 6.46. The van der Waals surface area contributed by atoms with Crippen molar-refractivity contribution in [3.8, 4) is 0 Å². The lowest BCUT2D eigenvalue weighted by Gasteiger charge is -2.25. The van der Waals surface area contributed by atoms with Crippen molar-refractivity contribution in [1.82, 2.24) is 0 Å². The van der Waals surface area contributed by atoms with Gasteiger partial charge in [-0.2, -0.15) is 0 Å². The van der Waals surface area contributed by atoms with E-state index in [1.807, 2.05) is 35.3 Å². The highest BCUT2D eigenvalue weighted by molar-refractivity contribution is 7.12. The van der Waals surface area contributed by atoms with Crippen molar-refractivity contribution in [1.29, 1.82) is 0 Å². The van der Waals surface area contributed by atoms with E-state index in [1.54, 1.807) is 11.3 Å². The summed E-state index contributed by atoms with van der Waals surface area (Å²) in [4.78, 5) is 2.32. The van der Waals surface area contributed by atoms with Crippen LogP contribution in [-0.4, -0.2) is 71.1 Å². The number of ether oxygens (including phenoxy) is 4. The van der Waals surface area contributed by atoms with Crippen LogP contribution in [0.4, 0.5) is 16.5 Å². The Labute approximate surface area is 229 Å². The molecule has 0 fully saturated rings. The molecule has 0 amide bonds. The number of hydrogen-bond donors (Lipinski definition) is 1. The van der Waals surface area contributed by atoms with E-state index >= 15 is 0 Å². The maximum atomic E-state index is 8.65. The molecule has 0 saturated carbocycles. The second kappa shape index (κ2) is 17.7. The van der Waals surface area contributed by atoms with Crippen LogP contribution in [0.25, 0.3) is 0 Å². The first kappa shape index (κ1) is 29.8. The lowest BCUT2D eigenvalue weighted by Crippen LogP contribution is -2.27. The van der Waals surface area contributed by atoms with Crippen LogP contribution in [0.15, 0.2) is 70.3 Å². The van der Waals surface area contributed by atoms with Crippen LogP contribution in [0, 0.1) is 6.92 Å². The van der Waals surface area contributed by atoms with Crippen LogP contribution in [-0.2, 0) is 32.5 Å². The predicted molar refractivity (Wildman–Crippen MR) is 149 cm³/mol. The number of aliphatic hydroxyl groups excluding tert-OH is 1. The van der Waals surface area contributed by atoms with E-state index in [0.717, 1.165) is 35.2 Å². The Morgan fingerprint density at radius 1 is 0.842 bits per heavy atom. The van der Waals surface area contributed by atoms with Gasteiger partial charge in [0.1, 0.15) is 11.9 Å². The molecule has 3 rings (SSSR count). The highest BCUT2D eigenvalue weighted by Crippen LogP contribution is 2.27. The van der Waals surface area contributed by atoms with Gasteiger partial charge in [-0.25, -0.2) is 4.57 Å². The molecule has 0 aliphatic heterocycles. The van der Waals surface area contributed by atoms with Crippen LogP contribution in [0.5, 0.6) is 0 Å². The zero-order chi connectivity index (χ0) is 26.8. The number of anilines is 1. The minimum atomic E-state index is 0.0290. The fourth-order valence-electron chi connectivity index (χ4n) is 3.57. The molecule has 0 unspecified atom stereocenters. The number of nitrogens with zero attached hydrogens (tertiary/aromatic N) is 4. The van der Waals surface area contributed by atoms with Gasteiger partial charge in [0.05, 0.1) is 71.6 Å². The molecule has 0 aliphatic carbocycles. The van der Waals surface area contributed by atoms with E-state index in [9.17, 15) is 0 Å². The van der Waals surface area contributed by atoms with E-state index < -0.39 is 0 Å². The number of aromatic nitrogens is 1. The molecule has 0 spiro atoms. The maximum absolute atomic E-state index is 8.65. The summed E-state index contributed by atoms with van der Waals surface area (Å²) < 4.78 is 23.9. The van der Waals surface area contributed by atoms with E-state index in [-0.39, 0.29) is 6.61 Å². The molecule has 0 saturated heterocycles. The minimum Gasteiger partial charge on any atom is -0.394 e. The molecule has 0 aliphatic rings. The van der Waals surface area contributed by atoms with Gasteiger partial charge < -0.3 is 29.0 Å². The SMILES string of the molecule is Cc1cc(N(CCOCCOCCOCCOCCO)Cc2ccccc2)ccc1N=Nc1scc[n+]1C. The van der Waals surface area contributed by atoms with Crippen LogP contribution in [0.2, 0.25) is 0 Å². The summed E-state index contributed by atoms with van der Waals surface area (Å²) in [5, 5.41) is 20.4. The Bertz CT molecular complexity index is 1080. The molecular formula is C28H39N4O5S+. The summed E-state index contributed by atoms with van der Waals surface area (Å²) in [6, 6.07) is 16.7. The van der Waals surface area contributed by atoms with Crippen molar-refractivity contribution in [3.05, 3.63) is 71.2 Å². The summed E-state index contributed by atoms with van der Waals surface area (Å²) in [6.07, 6.45) is 1.97. The summed E-state index contributed by atoms with van der Waals surface area (Å²) >= 11 is 1.56. The largest absolute Gasteiger partial charge is 0.408 e. The first-order valence-electron chi connectivity index (χ1n) is 12.8. The number of benzene rings is 2. The Kier molecular flexibility index (Phi) is 13.9. The Morgan fingerprint density at radius 3 is 2.11 bits per heavy atom. The van der Waals surface area contributed by atoms with Crippen molar-refractivity contribution in [3.63, 3.8) is 0 Å². The van der Waals surface area contributed by atoms with Crippen LogP contribution in [0.3, 0.4) is 0 Å². The number of thiazole rings is 1. The van der Waals surface area contributed by atoms with Gasteiger partial charge in [-0.3, -0.25) is 0 Å². The van der Waals surface area contributed by atoms with Crippen molar-refractivity contribution in [2.24, 2.45) is 17.3 Å². The van der Waals surface area contributed by atoms with Crippen molar-refractivity contribution in [2.75, 3.05) is 70.9 Å². The molecular weight excluding hydrogens is 504 g/mol. The van der Waals surface area contributed by atoms with Gasteiger partial charge >= 0.3 is 5.13 Å². The number of hydrogen-bond acceptors (Lipinski definition) is 9. The Balaban J connectivity index is 1.45. The molecule has 0 bridgehead atoms. The molecule has 1 heterocycles. The van der Waals surface area contributed by atoms with Gasteiger partial charge in [0.15, 0.2) is 0 Å². The standard InChI is InChI=1S/C28H39N4O5S/c1-24-22-26(8-9-27(24)29-30-28-31(2)11-21-38-28)32(23-25-6-4-3-5-7-25)10-13-34-15-17-36-19-20-37-18-16-35-14-12-33/h3-9,11,21-22,33H,10,12-20,23H2,1-2H3/q+1. The van der Waals surface area contributed by atoms with Crippen LogP contribution < -0.4 is 9.47 Å². The molecule has 2 aromatic carbocycles. The van der Waals surface area contributed by atoms with E-state index in [4.69, 9.17) is 24.1 Å². The second-order valence-corrected chi connectivity index (χ2v) is 9.42. The Hall–Kier alpha value is -2.73.